The summed E-state index contributed by atoms with van der Waals surface area (Å²) in [6, 6.07) is 13.3. The minimum Gasteiger partial charge on any atom is -0.302 e. The van der Waals surface area contributed by atoms with E-state index in [9.17, 15) is 9.18 Å². The number of hydrogen-bond donors (Lipinski definition) is 0. The Morgan fingerprint density at radius 3 is 2.56 bits per heavy atom. The van der Waals surface area contributed by atoms with Crippen molar-refractivity contribution in [3.05, 3.63) is 64.9 Å². The Morgan fingerprint density at radius 1 is 1.16 bits per heavy atom. The number of benzene rings is 2. The third-order valence-electron chi connectivity index (χ3n) is 3.64. The van der Waals surface area contributed by atoms with E-state index >= 15 is 0 Å². The van der Waals surface area contributed by atoms with Crippen LogP contribution in [0.15, 0.2) is 53.7 Å². The Morgan fingerprint density at radius 2 is 1.88 bits per heavy atom. The van der Waals surface area contributed by atoms with E-state index in [2.05, 4.69) is 10.2 Å². The van der Waals surface area contributed by atoms with Crippen LogP contribution in [0, 0.1) is 5.82 Å². The van der Waals surface area contributed by atoms with E-state index in [0.717, 1.165) is 5.56 Å². The van der Waals surface area contributed by atoms with E-state index in [0.29, 0.717) is 22.5 Å². The first kappa shape index (κ1) is 17.6. The molecule has 1 heterocycles. The average molecular weight is 376 g/mol. The number of Topliss-reactive ketones (excluding diaryl/α,β-unsaturated/α-hetero) is 1. The number of thioether (sulfide) groups is 1. The van der Waals surface area contributed by atoms with Crippen molar-refractivity contribution in [1.29, 1.82) is 0 Å². The van der Waals surface area contributed by atoms with E-state index in [1.165, 1.54) is 23.9 Å². The van der Waals surface area contributed by atoms with Gasteiger partial charge >= 0.3 is 0 Å². The summed E-state index contributed by atoms with van der Waals surface area (Å²) in [5.41, 5.74) is 0.988. The molecule has 0 aliphatic rings. The lowest BCUT2D eigenvalue weighted by Crippen LogP contribution is -2.07. The molecule has 0 bridgehead atoms. The number of carbonyl (C=O) groups is 1. The summed E-state index contributed by atoms with van der Waals surface area (Å²) in [4.78, 5) is 12.2. The van der Waals surface area contributed by atoms with Crippen LogP contribution in [0.3, 0.4) is 0 Å². The monoisotopic (exact) mass is 375 g/mol. The van der Waals surface area contributed by atoms with Crippen molar-refractivity contribution in [1.82, 2.24) is 14.8 Å². The van der Waals surface area contributed by atoms with Gasteiger partial charge in [0.05, 0.1) is 11.3 Å². The number of halogens is 2. The van der Waals surface area contributed by atoms with Crippen LogP contribution in [0.25, 0.3) is 11.4 Å². The van der Waals surface area contributed by atoms with Crippen LogP contribution in [-0.2, 0) is 6.54 Å². The summed E-state index contributed by atoms with van der Waals surface area (Å²) in [7, 11) is 0. The maximum Gasteiger partial charge on any atom is 0.191 e. The lowest BCUT2D eigenvalue weighted by molar-refractivity contribution is 0.101. The van der Waals surface area contributed by atoms with Gasteiger partial charge in [-0.3, -0.25) is 4.79 Å². The predicted molar refractivity (Wildman–Crippen MR) is 97.6 cm³/mol. The smallest absolute Gasteiger partial charge is 0.191 e. The van der Waals surface area contributed by atoms with E-state index < -0.39 is 5.82 Å². The highest BCUT2D eigenvalue weighted by molar-refractivity contribution is 7.99. The van der Waals surface area contributed by atoms with Crippen LogP contribution >= 0.6 is 23.4 Å². The number of rotatable bonds is 6. The fourth-order valence-corrected chi connectivity index (χ4v) is 3.40. The summed E-state index contributed by atoms with van der Waals surface area (Å²) in [5, 5.41) is 9.66. The van der Waals surface area contributed by atoms with Gasteiger partial charge in [-0.1, -0.05) is 35.5 Å². The maximum absolute atomic E-state index is 13.7. The molecule has 0 atom stereocenters. The van der Waals surface area contributed by atoms with Crippen LogP contribution in [-0.4, -0.2) is 26.3 Å². The van der Waals surface area contributed by atoms with Gasteiger partial charge in [0.25, 0.3) is 0 Å². The molecule has 0 aliphatic carbocycles. The van der Waals surface area contributed by atoms with Gasteiger partial charge in [-0.05, 0) is 43.3 Å². The fourth-order valence-electron chi connectivity index (χ4n) is 2.39. The van der Waals surface area contributed by atoms with Crippen LogP contribution in [0.1, 0.15) is 17.3 Å². The third kappa shape index (κ3) is 3.91. The zero-order chi connectivity index (χ0) is 17.8. The summed E-state index contributed by atoms with van der Waals surface area (Å²) in [6.07, 6.45) is 0. The third-order valence-corrected chi connectivity index (χ3v) is 4.86. The van der Waals surface area contributed by atoms with E-state index in [1.54, 1.807) is 24.3 Å². The second-order valence-corrected chi connectivity index (χ2v) is 6.63. The Hall–Kier alpha value is -2.18. The van der Waals surface area contributed by atoms with Gasteiger partial charge in [-0.15, -0.1) is 10.2 Å². The standard InChI is InChI=1S/C18H15ClFN3OS/c1-2-23-17(12-7-9-13(19)10-8-12)21-22-18(23)25-11-16(24)14-5-3-4-6-15(14)20/h3-10H,2,11H2,1H3. The summed E-state index contributed by atoms with van der Waals surface area (Å²) in [5.74, 6) is 0.0216. The highest BCUT2D eigenvalue weighted by atomic mass is 35.5. The number of ketones is 1. The zero-order valence-electron chi connectivity index (χ0n) is 13.4. The highest BCUT2D eigenvalue weighted by Crippen LogP contribution is 2.25. The molecule has 0 radical (unpaired) electrons. The maximum atomic E-state index is 13.7. The van der Waals surface area contributed by atoms with Crippen molar-refractivity contribution < 1.29 is 9.18 Å². The topological polar surface area (TPSA) is 47.8 Å². The van der Waals surface area contributed by atoms with Gasteiger partial charge in [-0.25, -0.2) is 4.39 Å². The lowest BCUT2D eigenvalue weighted by atomic mass is 10.1. The first-order chi connectivity index (χ1) is 12.1. The molecule has 0 saturated carbocycles. The van der Waals surface area contributed by atoms with Crippen LogP contribution in [0.2, 0.25) is 5.02 Å². The predicted octanol–water partition coefficient (Wildman–Crippen LogP) is 4.73. The van der Waals surface area contributed by atoms with Crippen molar-refractivity contribution in [3.63, 3.8) is 0 Å². The van der Waals surface area contributed by atoms with E-state index in [1.807, 2.05) is 23.6 Å². The van der Waals surface area contributed by atoms with Gasteiger partial charge in [0.2, 0.25) is 0 Å². The molecule has 0 fully saturated rings. The first-order valence-corrected chi connectivity index (χ1v) is 9.06. The minimum atomic E-state index is -0.507. The zero-order valence-corrected chi connectivity index (χ0v) is 15.0. The van der Waals surface area contributed by atoms with Crippen molar-refractivity contribution >= 4 is 29.1 Å². The molecule has 25 heavy (non-hydrogen) atoms. The Kier molecular flexibility index (Phi) is 5.50. The van der Waals surface area contributed by atoms with E-state index in [4.69, 9.17) is 11.6 Å². The molecule has 1 aromatic heterocycles. The summed E-state index contributed by atoms with van der Waals surface area (Å²) < 4.78 is 15.6. The Labute approximate surface area is 154 Å². The molecule has 3 rings (SSSR count). The summed E-state index contributed by atoms with van der Waals surface area (Å²) >= 11 is 7.17. The fraction of sp³-hybridized carbons (Fsp3) is 0.167. The Bertz CT molecular complexity index is 896. The number of nitrogens with zero attached hydrogens (tertiary/aromatic N) is 3. The largest absolute Gasteiger partial charge is 0.302 e. The molecule has 0 spiro atoms. The van der Waals surface area contributed by atoms with Crippen molar-refractivity contribution in [2.75, 3.05) is 5.75 Å². The van der Waals surface area contributed by atoms with Crippen LogP contribution in [0.5, 0.6) is 0 Å². The average Bonchev–Trinajstić information content (AvgIpc) is 3.03. The summed E-state index contributed by atoms with van der Waals surface area (Å²) in [6.45, 7) is 2.63. The molecular weight excluding hydrogens is 361 g/mol. The molecule has 4 nitrogen and oxygen atoms in total. The molecule has 0 saturated heterocycles. The highest BCUT2D eigenvalue weighted by Gasteiger charge is 2.16. The van der Waals surface area contributed by atoms with Gasteiger partial charge in [0.15, 0.2) is 16.8 Å². The molecule has 3 aromatic rings. The minimum absolute atomic E-state index is 0.0930. The molecular formula is C18H15ClFN3OS. The number of carbonyl (C=O) groups excluding carboxylic acids is 1. The molecule has 128 valence electrons. The molecule has 0 N–H and O–H groups in total. The van der Waals surface area contributed by atoms with E-state index in [-0.39, 0.29) is 17.1 Å². The van der Waals surface area contributed by atoms with Crippen LogP contribution in [0.4, 0.5) is 4.39 Å². The van der Waals surface area contributed by atoms with Crippen molar-refractivity contribution in [3.8, 4) is 11.4 Å². The van der Waals surface area contributed by atoms with Gasteiger partial charge in [-0.2, -0.15) is 0 Å². The Balaban J connectivity index is 1.78. The quantitative estimate of drug-likeness (QED) is 0.461. The second kappa shape index (κ2) is 7.80. The normalized spacial score (nSPS) is 10.8. The molecule has 0 aliphatic heterocycles. The van der Waals surface area contributed by atoms with Crippen molar-refractivity contribution in [2.24, 2.45) is 0 Å². The number of hydrogen-bond acceptors (Lipinski definition) is 4. The van der Waals surface area contributed by atoms with Crippen molar-refractivity contribution in [2.45, 2.75) is 18.6 Å². The first-order valence-electron chi connectivity index (χ1n) is 7.69. The van der Waals surface area contributed by atoms with Crippen LogP contribution < -0.4 is 0 Å². The van der Waals surface area contributed by atoms with Gasteiger partial charge < -0.3 is 4.57 Å². The van der Waals surface area contributed by atoms with Gasteiger partial charge in [0.1, 0.15) is 5.82 Å². The molecule has 7 heteroatoms. The number of aromatic nitrogens is 3. The second-order valence-electron chi connectivity index (χ2n) is 5.25. The lowest BCUT2D eigenvalue weighted by Gasteiger charge is -2.07. The van der Waals surface area contributed by atoms with Gasteiger partial charge in [0, 0.05) is 17.1 Å². The molecule has 0 amide bonds. The molecule has 2 aromatic carbocycles. The molecule has 0 unspecified atom stereocenters. The SMILES string of the molecule is CCn1c(SCC(=O)c2ccccc2F)nnc1-c1ccc(Cl)cc1.